The van der Waals surface area contributed by atoms with Crippen molar-refractivity contribution in [3.05, 3.63) is 65.1 Å². The highest BCUT2D eigenvalue weighted by Crippen LogP contribution is 2.20. The topological polar surface area (TPSA) is 93.5 Å². The van der Waals surface area contributed by atoms with Crippen molar-refractivity contribution < 1.29 is 18.7 Å². The van der Waals surface area contributed by atoms with Crippen LogP contribution in [-0.2, 0) is 22.7 Å². The second kappa shape index (κ2) is 8.30. The van der Waals surface area contributed by atoms with E-state index < -0.39 is 5.97 Å². The quantitative estimate of drug-likeness (QED) is 0.616. The number of anilines is 2. The number of carbonyl (C=O) groups is 2. The number of esters is 1. The molecule has 0 aliphatic heterocycles. The number of ether oxygens (including phenoxy) is 1. The minimum absolute atomic E-state index is 0.0292. The molecule has 0 spiro atoms. The Morgan fingerprint density at radius 2 is 2.08 bits per heavy atom. The van der Waals surface area contributed by atoms with Crippen molar-refractivity contribution in [3.8, 4) is 0 Å². The first-order valence-corrected chi connectivity index (χ1v) is 8.74. The van der Waals surface area contributed by atoms with Crippen molar-refractivity contribution in [2.75, 3.05) is 10.6 Å². The van der Waals surface area contributed by atoms with Crippen molar-refractivity contribution in [2.45, 2.75) is 20.1 Å². The highest BCUT2D eigenvalue weighted by molar-refractivity contribution is 7.13. The van der Waals surface area contributed by atoms with Gasteiger partial charge in [0.2, 0.25) is 5.91 Å². The number of thiazole rings is 1. The Balaban J connectivity index is 1.60. The molecule has 8 heteroatoms. The van der Waals surface area contributed by atoms with Gasteiger partial charge in [-0.3, -0.25) is 4.79 Å². The van der Waals surface area contributed by atoms with Gasteiger partial charge in [0.15, 0.2) is 5.13 Å². The molecule has 2 N–H and O–H groups in total. The fraction of sp³-hybridized carbons (Fsp3) is 0.167. The number of amides is 1. The summed E-state index contributed by atoms with van der Waals surface area (Å²) in [6.07, 6.45) is 1.60. The molecule has 0 unspecified atom stereocenters. The Bertz CT molecular complexity index is 889. The first kappa shape index (κ1) is 17.7. The molecule has 0 radical (unpaired) electrons. The molecule has 7 nitrogen and oxygen atoms in total. The maximum absolute atomic E-state index is 12.4. The molecule has 1 amide bonds. The molecule has 0 saturated carbocycles. The normalized spacial score (nSPS) is 10.3. The Morgan fingerprint density at radius 1 is 1.23 bits per heavy atom. The van der Waals surface area contributed by atoms with Gasteiger partial charge in [-0.15, -0.1) is 11.3 Å². The summed E-state index contributed by atoms with van der Waals surface area (Å²) in [6.45, 7) is 1.90. The second-order valence-corrected chi connectivity index (χ2v) is 6.24. The third-order valence-corrected chi connectivity index (χ3v) is 4.17. The molecule has 0 aliphatic carbocycles. The molecular weight excluding hydrogens is 354 g/mol. The van der Waals surface area contributed by atoms with Gasteiger partial charge in [0, 0.05) is 18.0 Å². The summed E-state index contributed by atoms with van der Waals surface area (Å²) < 4.78 is 10.6. The molecule has 3 aromatic rings. The molecule has 0 aliphatic rings. The van der Waals surface area contributed by atoms with Gasteiger partial charge in [-0.2, -0.15) is 0 Å². The largest absolute Gasteiger partial charge is 0.467 e. The highest BCUT2D eigenvalue weighted by atomic mass is 32.1. The Labute approximate surface area is 154 Å². The second-order valence-electron chi connectivity index (χ2n) is 5.38. The van der Waals surface area contributed by atoms with Crippen LogP contribution < -0.4 is 10.6 Å². The van der Waals surface area contributed by atoms with Crippen LogP contribution in [-0.4, -0.2) is 16.9 Å². The highest BCUT2D eigenvalue weighted by Gasteiger charge is 2.14. The van der Waals surface area contributed by atoms with E-state index >= 15 is 0 Å². The molecule has 26 heavy (non-hydrogen) atoms. The molecule has 0 saturated heterocycles. The summed E-state index contributed by atoms with van der Waals surface area (Å²) in [5.41, 5.74) is 1.66. The predicted molar refractivity (Wildman–Crippen MR) is 98.0 cm³/mol. The number of para-hydroxylation sites is 1. The van der Waals surface area contributed by atoms with Crippen molar-refractivity contribution in [3.63, 3.8) is 0 Å². The van der Waals surface area contributed by atoms with E-state index in [0.29, 0.717) is 28.6 Å². The van der Waals surface area contributed by atoms with E-state index in [-0.39, 0.29) is 12.5 Å². The number of hydrogen-bond donors (Lipinski definition) is 2. The average molecular weight is 371 g/mol. The van der Waals surface area contributed by atoms with Gasteiger partial charge in [-0.1, -0.05) is 12.1 Å². The third kappa shape index (κ3) is 4.70. The van der Waals surface area contributed by atoms with Gasteiger partial charge in [-0.05, 0) is 24.3 Å². The molecule has 3 rings (SSSR count). The minimum Gasteiger partial charge on any atom is -0.467 e. The van der Waals surface area contributed by atoms with Crippen molar-refractivity contribution in [1.29, 1.82) is 0 Å². The van der Waals surface area contributed by atoms with Crippen LogP contribution in [0, 0.1) is 0 Å². The van der Waals surface area contributed by atoms with Crippen LogP contribution in [0.5, 0.6) is 0 Å². The monoisotopic (exact) mass is 371 g/mol. The molecule has 134 valence electrons. The SMILES string of the molecule is CC(=O)Nc1nc(COC(=O)c2ccccc2NCc2ccco2)cs1. The van der Waals surface area contributed by atoms with Crippen LogP contribution in [0.3, 0.4) is 0 Å². The van der Waals surface area contributed by atoms with Gasteiger partial charge < -0.3 is 19.8 Å². The lowest BCUT2D eigenvalue weighted by Gasteiger charge is -2.10. The first-order valence-electron chi connectivity index (χ1n) is 7.86. The Hall–Kier alpha value is -3.13. The molecule has 1 aromatic carbocycles. The molecule has 0 atom stereocenters. The van der Waals surface area contributed by atoms with Gasteiger partial charge in [0.25, 0.3) is 0 Å². The first-order chi connectivity index (χ1) is 12.6. The maximum Gasteiger partial charge on any atom is 0.340 e. The average Bonchev–Trinajstić information content (AvgIpc) is 3.29. The summed E-state index contributed by atoms with van der Waals surface area (Å²) in [6, 6.07) is 10.8. The molecule has 0 bridgehead atoms. The zero-order valence-corrected chi connectivity index (χ0v) is 14.8. The number of rotatable bonds is 7. The maximum atomic E-state index is 12.4. The number of furan rings is 1. The zero-order chi connectivity index (χ0) is 18.4. The predicted octanol–water partition coefficient (Wildman–Crippen LogP) is 3.66. The smallest absolute Gasteiger partial charge is 0.340 e. The number of aromatic nitrogens is 1. The van der Waals surface area contributed by atoms with Gasteiger partial charge in [-0.25, -0.2) is 9.78 Å². The van der Waals surface area contributed by atoms with Crippen LogP contribution in [0.1, 0.15) is 28.7 Å². The molecule has 0 fully saturated rings. The Kier molecular flexibility index (Phi) is 5.65. The van der Waals surface area contributed by atoms with E-state index in [0.717, 1.165) is 5.76 Å². The number of nitrogens with zero attached hydrogens (tertiary/aromatic N) is 1. The third-order valence-electron chi connectivity index (χ3n) is 3.37. The fourth-order valence-electron chi connectivity index (χ4n) is 2.21. The molecule has 2 heterocycles. The van der Waals surface area contributed by atoms with E-state index in [2.05, 4.69) is 15.6 Å². The summed E-state index contributed by atoms with van der Waals surface area (Å²) in [5, 5.41) is 7.97. The number of nitrogens with one attached hydrogen (secondary N) is 2. The number of hydrogen-bond acceptors (Lipinski definition) is 7. The van der Waals surface area contributed by atoms with E-state index in [4.69, 9.17) is 9.15 Å². The fourth-order valence-corrected chi connectivity index (χ4v) is 2.95. The summed E-state index contributed by atoms with van der Waals surface area (Å²) in [5.74, 6) is 0.113. The van der Waals surface area contributed by atoms with Crippen LogP contribution in [0.15, 0.2) is 52.5 Å². The number of carbonyl (C=O) groups excluding carboxylic acids is 2. The van der Waals surface area contributed by atoms with E-state index in [1.54, 1.807) is 35.9 Å². The van der Waals surface area contributed by atoms with Crippen molar-refractivity contribution >= 4 is 34.0 Å². The van der Waals surface area contributed by atoms with E-state index in [9.17, 15) is 9.59 Å². The lowest BCUT2D eigenvalue weighted by Crippen LogP contribution is -2.10. The van der Waals surface area contributed by atoms with Crippen molar-refractivity contribution in [1.82, 2.24) is 4.98 Å². The van der Waals surface area contributed by atoms with Gasteiger partial charge in [0.1, 0.15) is 12.4 Å². The summed E-state index contributed by atoms with van der Waals surface area (Å²) in [4.78, 5) is 27.6. The summed E-state index contributed by atoms with van der Waals surface area (Å²) in [7, 11) is 0. The van der Waals surface area contributed by atoms with Crippen LogP contribution in [0.4, 0.5) is 10.8 Å². The van der Waals surface area contributed by atoms with Crippen LogP contribution in [0.25, 0.3) is 0 Å². The summed E-state index contributed by atoms with van der Waals surface area (Å²) >= 11 is 1.28. The number of benzene rings is 1. The van der Waals surface area contributed by atoms with Crippen LogP contribution in [0.2, 0.25) is 0 Å². The van der Waals surface area contributed by atoms with Gasteiger partial charge >= 0.3 is 5.97 Å². The Morgan fingerprint density at radius 3 is 2.85 bits per heavy atom. The molecule has 2 aromatic heterocycles. The standard InChI is InChI=1S/C18H17N3O4S/c1-12(22)20-18-21-13(11-26-18)10-25-17(23)15-6-2-3-7-16(15)19-9-14-5-4-8-24-14/h2-8,11,19H,9-10H2,1H3,(H,20,21,22). The van der Waals surface area contributed by atoms with E-state index in [1.165, 1.54) is 18.3 Å². The van der Waals surface area contributed by atoms with E-state index in [1.807, 2.05) is 12.1 Å². The minimum atomic E-state index is -0.457. The molecular formula is C18H17N3O4S. The lowest BCUT2D eigenvalue weighted by molar-refractivity contribution is -0.114. The van der Waals surface area contributed by atoms with Gasteiger partial charge in [0.05, 0.1) is 24.1 Å². The van der Waals surface area contributed by atoms with Crippen LogP contribution >= 0.6 is 11.3 Å². The zero-order valence-electron chi connectivity index (χ0n) is 14.0. The lowest BCUT2D eigenvalue weighted by atomic mass is 10.2. The van der Waals surface area contributed by atoms with Crippen molar-refractivity contribution in [2.24, 2.45) is 0 Å².